The second-order valence-corrected chi connectivity index (χ2v) is 7.97. The molecule has 0 radical (unpaired) electrons. The molecule has 1 aliphatic heterocycles. The molecule has 1 aliphatic rings. The summed E-state index contributed by atoms with van der Waals surface area (Å²) in [5.41, 5.74) is 5.77. The molecule has 0 aliphatic carbocycles. The molecule has 0 saturated carbocycles. The Labute approximate surface area is 130 Å². The molecule has 0 amide bonds. The summed E-state index contributed by atoms with van der Waals surface area (Å²) in [6, 6.07) is 6.23. The molecule has 2 rings (SSSR count). The lowest BCUT2D eigenvalue weighted by Crippen LogP contribution is -2.45. The van der Waals surface area contributed by atoms with E-state index in [0.717, 1.165) is 0 Å². The predicted molar refractivity (Wildman–Crippen MR) is 85.7 cm³/mol. The lowest BCUT2D eigenvalue weighted by Gasteiger charge is -2.35. The minimum atomic E-state index is -3.59. The fourth-order valence-electron chi connectivity index (χ4n) is 2.44. The van der Waals surface area contributed by atoms with E-state index in [1.807, 2.05) is 13.8 Å². The zero-order chi connectivity index (χ0) is 15.7. The van der Waals surface area contributed by atoms with Crippen LogP contribution >= 0.6 is 12.2 Å². The van der Waals surface area contributed by atoms with E-state index in [-0.39, 0.29) is 21.5 Å². The number of rotatable bonds is 4. The number of benzene rings is 1. The molecule has 116 valence electrons. The molecule has 1 saturated heterocycles. The van der Waals surface area contributed by atoms with Gasteiger partial charge in [0.25, 0.3) is 0 Å². The summed E-state index contributed by atoms with van der Waals surface area (Å²) in [5.74, 6) is 0. The van der Waals surface area contributed by atoms with Gasteiger partial charge >= 0.3 is 0 Å². The topological polar surface area (TPSA) is 81.4 Å². The van der Waals surface area contributed by atoms with E-state index in [1.54, 1.807) is 12.1 Å². The number of hydrogen-bond donors (Lipinski definition) is 2. The third kappa shape index (κ3) is 4.23. The lowest BCUT2D eigenvalue weighted by atomic mass is 9.95. The maximum absolute atomic E-state index is 12.5. The van der Waals surface area contributed by atoms with Gasteiger partial charge in [-0.1, -0.05) is 24.4 Å². The molecular formula is C14H20N2O3S2. The molecule has 1 aromatic carbocycles. The molecule has 0 aromatic heterocycles. The molecule has 1 heterocycles. The third-order valence-electron chi connectivity index (χ3n) is 3.45. The van der Waals surface area contributed by atoms with Crippen LogP contribution in [0.15, 0.2) is 29.2 Å². The Balaban J connectivity index is 2.18. The number of thiocarbonyl (C=S) groups is 1. The summed E-state index contributed by atoms with van der Waals surface area (Å²) in [5, 5.41) is 0. The molecule has 1 aromatic rings. The smallest absolute Gasteiger partial charge is 0.240 e. The Morgan fingerprint density at radius 1 is 1.48 bits per heavy atom. The van der Waals surface area contributed by atoms with E-state index in [1.165, 1.54) is 12.1 Å². The third-order valence-corrected chi connectivity index (χ3v) is 5.20. The van der Waals surface area contributed by atoms with Gasteiger partial charge in [-0.3, -0.25) is 0 Å². The van der Waals surface area contributed by atoms with Crippen molar-refractivity contribution in [3.8, 4) is 0 Å². The number of nitrogens with one attached hydrogen (secondary N) is 1. The van der Waals surface area contributed by atoms with Crippen LogP contribution in [-0.2, 0) is 14.8 Å². The molecule has 7 heteroatoms. The van der Waals surface area contributed by atoms with Crippen LogP contribution in [-0.4, -0.2) is 31.7 Å². The molecule has 3 N–H and O–H groups in total. The van der Waals surface area contributed by atoms with Crippen molar-refractivity contribution < 1.29 is 13.2 Å². The highest BCUT2D eigenvalue weighted by molar-refractivity contribution is 7.89. The van der Waals surface area contributed by atoms with Crippen molar-refractivity contribution in [2.45, 2.75) is 43.2 Å². The zero-order valence-corrected chi connectivity index (χ0v) is 13.8. The van der Waals surface area contributed by atoms with Crippen LogP contribution < -0.4 is 10.5 Å². The van der Waals surface area contributed by atoms with Crippen LogP contribution in [0.4, 0.5) is 0 Å². The number of ether oxygens (including phenoxy) is 1. The maximum atomic E-state index is 12.5. The molecular weight excluding hydrogens is 308 g/mol. The van der Waals surface area contributed by atoms with E-state index in [2.05, 4.69) is 4.72 Å². The van der Waals surface area contributed by atoms with Crippen molar-refractivity contribution in [3.05, 3.63) is 29.8 Å². The van der Waals surface area contributed by atoms with Crippen molar-refractivity contribution in [1.29, 1.82) is 0 Å². The average Bonchev–Trinajstić information content (AvgIpc) is 2.37. The largest absolute Gasteiger partial charge is 0.389 e. The van der Waals surface area contributed by atoms with Crippen LogP contribution in [0, 0.1) is 0 Å². The first-order valence-electron chi connectivity index (χ1n) is 6.76. The summed E-state index contributed by atoms with van der Waals surface area (Å²) in [6.07, 6.45) is 1.30. The first-order chi connectivity index (χ1) is 9.70. The molecule has 1 fully saturated rings. The minimum Gasteiger partial charge on any atom is -0.389 e. The zero-order valence-electron chi connectivity index (χ0n) is 12.1. The average molecular weight is 328 g/mol. The van der Waals surface area contributed by atoms with E-state index < -0.39 is 10.0 Å². The summed E-state index contributed by atoms with van der Waals surface area (Å²) >= 11 is 4.88. The normalized spacial score (nSPS) is 21.9. The van der Waals surface area contributed by atoms with Crippen molar-refractivity contribution in [1.82, 2.24) is 4.72 Å². The molecule has 0 spiro atoms. The Morgan fingerprint density at radius 3 is 2.81 bits per heavy atom. The first kappa shape index (κ1) is 16.4. The SMILES string of the molecule is CC1(C)CC(NS(=O)(=O)c2cccc(C(N)=S)c2)CCO1. The quantitative estimate of drug-likeness (QED) is 0.820. The van der Waals surface area contributed by atoms with Crippen molar-refractivity contribution in [3.63, 3.8) is 0 Å². The van der Waals surface area contributed by atoms with E-state index in [4.69, 9.17) is 22.7 Å². The summed E-state index contributed by atoms with van der Waals surface area (Å²) in [4.78, 5) is 0.358. The highest BCUT2D eigenvalue weighted by atomic mass is 32.2. The van der Waals surface area contributed by atoms with Crippen LogP contribution in [0.5, 0.6) is 0 Å². The van der Waals surface area contributed by atoms with E-state index in [9.17, 15) is 8.42 Å². The van der Waals surface area contributed by atoms with Gasteiger partial charge in [-0.15, -0.1) is 0 Å². The van der Waals surface area contributed by atoms with E-state index in [0.29, 0.717) is 25.0 Å². The maximum Gasteiger partial charge on any atom is 0.240 e. The lowest BCUT2D eigenvalue weighted by molar-refractivity contribution is -0.0599. The molecule has 0 bridgehead atoms. The van der Waals surface area contributed by atoms with Gasteiger partial charge in [-0.05, 0) is 38.8 Å². The van der Waals surface area contributed by atoms with E-state index >= 15 is 0 Å². The molecule has 1 atom stereocenters. The number of nitrogens with two attached hydrogens (primary N) is 1. The number of hydrogen-bond acceptors (Lipinski definition) is 4. The van der Waals surface area contributed by atoms with Gasteiger partial charge in [0, 0.05) is 18.2 Å². The van der Waals surface area contributed by atoms with Crippen molar-refractivity contribution in [2.24, 2.45) is 5.73 Å². The molecule has 5 nitrogen and oxygen atoms in total. The van der Waals surface area contributed by atoms with Gasteiger partial charge in [0.05, 0.1) is 10.5 Å². The van der Waals surface area contributed by atoms with Gasteiger partial charge in [0.15, 0.2) is 0 Å². The summed E-state index contributed by atoms with van der Waals surface area (Å²) < 4.78 is 33.2. The second kappa shape index (κ2) is 6.00. The molecule has 1 unspecified atom stereocenters. The predicted octanol–water partition coefficient (Wildman–Crippen LogP) is 1.56. The summed E-state index contributed by atoms with van der Waals surface area (Å²) in [7, 11) is -3.59. The van der Waals surface area contributed by atoms with Crippen LogP contribution in [0.3, 0.4) is 0 Å². The fraction of sp³-hybridized carbons (Fsp3) is 0.500. The highest BCUT2D eigenvalue weighted by Gasteiger charge is 2.31. The van der Waals surface area contributed by atoms with Crippen LogP contribution in [0.25, 0.3) is 0 Å². The highest BCUT2D eigenvalue weighted by Crippen LogP contribution is 2.25. The Bertz CT molecular complexity index is 641. The second-order valence-electron chi connectivity index (χ2n) is 5.81. The number of sulfonamides is 1. The van der Waals surface area contributed by atoms with Crippen LogP contribution in [0.1, 0.15) is 32.3 Å². The van der Waals surface area contributed by atoms with Gasteiger partial charge in [0.1, 0.15) is 4.99 Å². The fourth-order valence-corrected chi connectivity index (χ4v) is 3.88. The molecule has 21 heavy (non-hydrogen) atoms. The minimum absolute atomic E-state index is 0.132. The van der Waals surface area contributed by atoms with Crippen molar-refractivity contribution in [2.75, 3.05) is 6.61 Å². The van der Waals surface area contributed by atoms with Crippen molar-refractivity contribution >= 4 is 27.2 Å². The standard InChI is InChI=1S/C14H20N2O3S2/c1-14(2)9-11(6-7-19-14)16-21(17,18)12-5-3-4-10(8-12)13(15)20/h3-5,8,11,16H,6-7,9H2,1-2H3,(H2,15,20). The summed E-state index contributed by atoms with van der Waals surface area (Å²) in [6.45, 7) is 4.47. The monoisotopic (exact) mass is 328 g/mol. The van der Waals surface area contributed by atoms with Gasteiger partial charge in [-0.2, -0.15) is 0 Å². The van der Waals surface area contributed by atoms with Gasteiger partial charge in [0.2, 0.25) is 10.0 Å². The van der Waals surface area contributed by atoms with Gasteiger partial charge in [-0.25, -0.2) is 13.1 Å². The first-order valence-corrected chi connectivity index (χ1v) is 8.65. The van der Waals surface area contributed by atoms with Crippen LogP contribution in [0.2, 0.25) is 0 Å². The Kier molecular flexibility index (Phi) is 4.67. The Hall–Kier alpha value is -1.02. The Morgan fingerprint density at radius 2 is 2.19 bits per heavy atom. The van der Waals surface area contributed by atoms with Gasteiger partial charge < -0.3 is 10.5 Å².